The molecular formula is C85H109N9O44. The molecule has 53 nitrogen and oxygen atoms in total. The zero-order valence-electron chi connectivity index (χ0n) is 76.8. The van der Waals surface area contributed by atoms with E-state index in [1.807, 2.05) is 36.4 Å². The van der Waals surface area contributed by atoms with Gasteiger partial charge < -0.3 is 152 Å². The number of fused-ring (bicyclic) bond motifs is 3. The van der Waals surface area contributed by atoms with Crippen LogP contribution in [0.3, 0.4) is 0 Å². The molecule has 10 N–H and O–H groups in total. The molecule has 0 spiro atoms. The van der Waals surface area contributed by atoms with Gasteiger partial charge in [-0.15, -0.1) is 0 Å². The number of allylic oxidation sites excluding steroid dienone is 1. The van der Waals surface area contributed by atoms with E-state index in [-0.39, 0.29) is 26.1 Å². The van der Waals surface area contributed by atoms with E-state index >= 15 is 0 Å². The third-order valence-corrected chi connectivity index (χ3v) is 19.6. The molecule has 7 rings (SSSR count). The summed E-state index contributed by atoms with van der Waals surface area (Å²) in [6.45, 7) is -0.442. The number of primary amides is 1. The maximum absolute atomic E-state index is 14.8. The van der Waals surface area contributed by atoms with Gasteiger partial charge in [0.25, 0.3) is 0 Å². The van der Waals surface area contributed by atoms with E-state index < -0.39 is 338 Å². The fourth-order valence-electron chi connectivity index (χ4n) is 14.2. The topological polar surface area (TPSA) is 701 Å². The number of nitrogens with two attached hydrogens (primary N) is 1. The molecule has 4 heterocycles. The summed E-state index contributed by atoms with van der Waals surface area (Å²) in [5, 5.41) is 18.0. The van der Waals surface area contributed by atoms with Crippen LogP contribution in [0.4, 0.5) is 4.79 Å². The average molecular weight is 1960 g/mol. The minimum atomic E-state index is -2.16. The number of carbonyl (C=O) groups excluding carboxylic acids is 22. The highest BCUT2D eigenvalue weighted by molar-refractivity contribution is 5.96. The molecule has 2 aromatic carbocycles. The maximum Gasteiger partial charge on any atom is 0.407 e. The van der Waals surface area contributed by atoms with E-state index in [4.69, 9.17) is 110 Å². The summed E-state index contributed by atoms with van der Waals surface area (Å²) in [4.78, 5) is 289. The van der Waals surface area contributed by atoms with Crippen LogP contribution in [0.15, 0.2) is 60.7 Å². The summed E-state index contributed by atoms with van der Waals surface area (Å²) in [5.74, 6) is -23.3. The second-order valence-corrected chi connectivity index (χ2v) is 30.7. The predicted octanol–water partition coefficient (Wildman–Crippen LogP) is -5.15. The lowest BCUT2D eigenvalue weighted by molar-refractivity contribution is -0.281. The Morgan fingerprint density at radius 1 is 0.333 bits per heavy atom. The maximum atomic E-state index is 14.8. The Balaban J connectivity index is 1.18. The molecule has 4 saturated heterocycles. The molecule has 5 aliphatic rings. The number of amides is 9. The molecule has 0 saturated carbocycles. The standard InChI is InChI=1S/C85H109N9O44/c1-39(95)127-60-35-122-81(73(135-47(9)103)69(60)131-43(5)99)118-31-56(77(112)88-27-66(109)93-58(79(114)90-29-68(111)117-25-19-13-14-24-64(86)107)33-120-83-75(137-49(11)105)71(133-45(7)101)62(37-124-83)129-41(3)97)91-65(108)26-87-78(113)57(32-119-82-74(136-48(10)104)70(132-44(6)100)61(36-123-82)128-40(2)96)92-67(110)28-89-80(115)59(34-121-84-76(138-50(12)106)72(134-46(8)102)63(38-125-84)130-42(4)98)94-85(116)126-30-55-53-22-17-15-20-51(53)52-21-16-18-23-54(52)55/h13,15-23,55-63,69-76,81-84H,14,24-38H2,1-12H3,(H2,86,107)(H,87,113)(H,88,112)(H,89,115)(H,90,114)(H,91,108)(H,92,110)(H,93,109)(H,94,116)/b19-13+/t56-,57-,58-,59-,60+,61+,62+,63+,69-,70-,71-,72-,73+,74+,75+,76+,81+,82+,83+,84+/m0/s1. The molecule has 9 amide bonds. The normalized spacial score (nSPS) is 23.2. The van der Waals surface area contributed by atoms with E-state index in [0.717, 1.165) is 105 Å². The third kappa shape index (κ3) is 36.2. The van der Waals surface area contributed by atoms with Gasteiger partial charge in [-0.05, 0) is 28.7 Å². The zero-order chi connectivity index (χ0) is 102. The van der Waals surface area contributed by atoms with Crippen molar-refractivity contribution in [2.45, 2.75) is 224 Å². The van der Waals surface area contributed by atoms with E-state index in [2.05, 4.69) is 42.5 Å². The first-order valence-electron chi connectivity index (χ1n) is 42.5. The minimum absolute atomic E-state index is 0.0335. The molecule has 1 aliphatic carbocycles. The Bertz CT molecular complexity index is 4730. The zero-order valence-corrected chi connectivity index (χ0v) is 76.8. The number of alkyl carbamates (subject to hydrolysis) is 1. The number of hydrogen-bond acceptors (Lipinski definition) is 44. The third-order valence-electron chi connectivity index (χ3n) is 19.6. The van der Waals surface area contributed by atoms with Crippen molar-refractivity contribution in [3.8, 4) is 11.1 Å². The van der Waals surface area contributed by atoms with Crippen LogP contribution >= 0.6 is 0 Å². The van der Waals surface area contributed by atoms with Crippen molar-refractivity contribution in [3.05, 3.63) is 71.8 Å². The molecule has 0 bridgehead atoms. The summed E-state index contributed by atoms with van der Waals surface area (Å²) < 4.78 is 122. The monoisotopic (exact) mass is 1960 g/mol. The van der Waals surface area contributed by atoms with Gasteiger partial charge in [-0.1, -0.05) is 60.7 Å². The highest BCUT2D eigenvalue weighted by atomic mass is 16.8. The molecule has 4 fully saturated rings. The smallest absolute Gasteiger partial charge is 0.407 e. The van der Waals surface area contributed by atoms with Crippen molar-refractivity contribution in [1.82, 2.24) is 42.5 Å². The van der Waals surface area contributed by atoms with Crippen LogP contribution in [0, 0.1) is 0 Å². The number of hydrogen-bond donors (Lipinski definition) is 9. The van der Waals surface area contributed by atoms with Gasteiger partial charge in [-0.25, -0.2) is 4.79 Å². The largest absolute Gasteiger partial charge is 0.460 e. The first kappa shape index (κ1) is 111. The van der Waals surface area contributed by atoms with E-state index in [0.29, 0.717) is 0 Å². The van der Waals surface area contributed by atoms with Crippen molar-refractivity contribution < 1.29 is 210 Å². The van der Waals surface area contributed by atoms with E-state index in [9.17, 15) is 105 Å². The number of nitrogens with one attached hydrogen (secondary N) is 8. The Kier molecular flexibility index (Phi) is 44.0. The molecule has 20 atom stereocenters. The highest BCUT2D eigenvalue weighted by Crippen LogP contribution is 2.45. The fourth-order valence-corrected chi connectivity index (χ4v) is 14.2. The SMILES string of the molecule is CC(=O)O[C@@H]1[C@@H](OC(C)=O)[C@H](OC[C@H](NC(=O)CNC(=O)[C@H](CO[C@@H]2OC[C@@H](OC(C)=O)[C@H](OC(C)=O)[C@H]2OC(C)=O)NC(=O)CNC(=O)[C@H](CO[C@@H]2OC[C@@H](OC(C)=O)[C@H](OC(C)=O)[C@H]2OC(C)=O)NC(=O)OCC2c3ccccc3-c3ccccc32)C(=O)NCC(=O)N[C@@H](CO[C@@H]2OC[C@@H](OC(C)=O)[C@H](OC(C)=O)[C@H]2OC(C)=O)C(=O)NCC(=O)OC/C=C/CCC(N)=O)OC[C@H]1OC(C)=O. The molecule has 0 aromatic heterocycles. The molecule has 53 heteroatoms. The Morgan fingerprint density at radius 2 is 0.594 bits per heavy atom. The Morgan fingerprint density at radius 3 is 0.870 bits per heavy atom. The van der Waals surface area contributed by atoms with Crippen LogP contribution in [-0.4, -0.2) is 346 Å². The number of carbonyl (C=O) groups is 22. The van der Waals surface area contributed by atoms with Gasteiger partial charge in [0.1, 0.15) is 43.9 Å². The van der Waals surface area contributed by atoms with Gasteiger partial charge in [-0.2, -0.15) is 0 Å². The first-order valence-corrected chi connectivity index (χ1v) is 42.5. The summed E-state index contributed by atoms with van der Waals surface area (Å²) >= 11 is 0. The molecule has 138 heavy (non-hydrogen) atoms. The van der Waals surface area contributed by atoms with Crippen molar-refractivity contribution in [2.24, 2.45) is 5.73 Å². The molecular weight excluding hydrogens is 1850 g/mol. The van der Waals surface area contributed by atoms with Crippen molar-refractivity contribution in [1.29, 1.82) is 0 Å². The predicted molar refractivity (Wildman–Crippen MR) is 448 cm³/mol. The molecule has 758 valence electrons. The van der Waals surface area contributed by atoms with Crippen LogP contribution in [0.2, 0.25) is 0 Å². The van der Waals surface area contributed by atoms with Crippen LogP contribution in [0.5, 0.6) is 0 Å². The van der Waals surface area contributed by atoms with Crippen molar-refractivity contribution >= 4 is 131 Å². The number of esters is 13. The Labute approximate surface area is 785 Å². The van der Waals surface area contributed by atoms with Gasteiger partial charge in [0.2, 0.25) is 47.3 Å². The van der Waals surface area contributed by atoms with Gasteiger partial charge in [-0.3, -0.25) is 101 Å². The molecule has 0 unspecified atom stereocenters. The summed E-state index contributed by atoms with van der Waals surface area (Å²) in [5.41, 5.74) is 8.41. The van der Waals surface area contributed by atoms with Gasteiger partial charge in [0, 0.05) is 95.4 Å². The average Bonchev–Trinajstić information content (AvgIpc) is 1.62. The molecule has 0 radical (unpaired) electrons. The van der Waals surface area contributed by atoms with Crippen LogP contribution in [-0.2, 0) is 205 Å². The number of rotatable bonds is 47. The van der Waals surface area contributed by atoms with Gasteiger partial charge in [0.05, 0.1) is 72.5 Å². The lowest BCUT2D eigenvalue weighted by Gasteiger charge is -2.40. The summed E-state index contributed by atoms with van der Waals surface area (Å²) in [7, 11) is 0. The first-order chi connectivity index (χ1) is 65.3. The molecule has 4 aliphatic heterocycles. The summed E-state index contributed by atoms with van der Waals surface area (Å²) in [6.07, 6.45) is -25.4. The van der Waals surface area contributed by atoms with E-state index in [1.165, 1.54) is 12.2 Å². The van der Waals surface area contributed by atoms with Crippen LogP contribution in [0.1, 0.15) is 113 Å². The Hall–Kier alpha value is -14.0. The minimum Gasteiger partial charge on any atom is -0.460 e. The van der Waals surface area contributed by atoms with E-state index in [1.54, 1.807) is 12.1 Å². The number of ether oxygens (including phenoxy) is 22. The lowest BCUT2D eigenvalue weighted by atomic mass is 9.98. The van der Waals surface area contributed by atoms with Gasteiger partial charge >= 0.3 is 83.7 Å². The highest BCUT2D eigenvalue weighted by Gasteiger charge is 2.53. The van der Waals surface area contributed by atoms with Crippen molar-refractivity contribution in [2.75, 3.05) is 92.2 Å². The fraction of sp³-hybridized carbons (Fsp3) is 0.576. The summed E-state index contributed by atoms with van der Waals surface area (Å²) in [6, 6.07) is 6.32. The molecule has 2 aromatic rings. The van der Waals surface area contributed by atoms with Crippen molar-refractivity contribution in [3.63, 3.8) is 0 Å². The van der Waals surface area contributed by atoms with Gasteiger partial charge in [0.15, 0.2) is 98.4 Å². The second kappa shape index (κ2) is 54.7. The quantitative estimate of drug-likeness (QED) is 0.0170. The lowest BCUT2D eigenvalue weighted by Crippen LogP contribution is -2.60. The second-order valence-electron chi connectivity index (χ2n) is 30.7. The van der Waals surface area contributed by atoms with Crippen LogP contribution < -0.4 is 48.3 Å². The number of benzene rings is 2. The van der Waals surface area contributed by atoms with Crippen LogP contribution in [0.25, 0.3) is 11.1 Å².